The molecule has 2 nitrogen and oxygen atoms in total. The SMILES string of the molecule is CNCC(C)C(=O)c1cc(C)cc(F)c1. The number of Topliss-reactive ketones (excluding diaryl/α,β-unsaturated/α-hetero) is 1. The van der Waals surface area contributed by atoms with E-state index in [0.717, 1.165) is 5.56 Å². The standard InChI is InChI=1S/C12H16FNO/c1-8-4-10(6-11(13)5-8)12(15)9(2)7-14-3/h4-6,9,14H,7H2,1-3H3. The lowest BCUT2D eigenvalue weighted by molar-refractivity contribution is 0.0929. The molecule has 0 aliphatic heterocycles. The van der Waals surface area contributed by atoms with Crippen LogP contribution in [0.25, 0.3) is 0 Å². The highest BCUT2D eigenvalue weighted by Gasteiger charge is 2.15. The summed E-state index contributed by atoms with van der Waals surface area (Å²) in [6.45, 7) is 4.22. The molecular weight excluding hydrogens is 193 g/mol. The molecule has 0 bridgehead atoms. The van der Waals surface area contributed by atoms with Crippen molar-refractivity contribution in [3.05, 3.63) is 35.1 Å². The van der Waals surface area contributed by atoms with Crippen molar-refractivity contribution >= 4 is 5.78 Å². The van der Waals surface area contributed by atoms with Gasteiger partial charge in [0, 0.05) is 18.0 Å². The quantitative estimate of drug-likeness (QED) is 0.770. The second-order valence-electron chi connectivity index (χ2n) is 3.84. The summed E-state index contributed by atoms with van der Waals surface area (Å²) in [6, 6.07) is 4.43. The van der Waals surface area contributed by atoms with Crippen LogP contribution in [0, 0.1) is 18.7 Å². The van der Waals surface area contributed by atoms with Gasteiger partial charge in [0.1, 0.15) is 5.82 Å². The van der Waals surface area contributed by atoms with Crippen LogP contribution in [0.15, 0.2) is 18.2 Å². The molecule has 0 amide bonds. The first-order valence-electron chi connectivity index (χ1n) is 5.00. The lowest BCUT2D eigenvalue weighted by Crippen LogP contribution is -2.23. The van der Waals surface area contributed by atoms with E-state index < -0.39 is 0 Å². The Morgan fingerprint density at radius 1 is 1.47 bits per heavy atom. The van der Waals surface area contributed by atoms with E-state index in [1.165, 1.54) is 12.1 Å². The van der Waals surface area contributed by atoms with Gasteiger partial charge in [-0.15, -0.1) is 0 Å². The third kappa shape index (κ3) is 3.13. The van der Waals surface area contributed by atoms with Gasteiger partial charge >= 0.3 is 0 Å². The molecule has 3 heteroatoms. The first-order chi connectivity index (χ1) is 7.04. The number of carbonyl (C=O) groups is 1. The fourth-order valence-electron chi connectivity index (χ4n) is 1.56. The molecule has 15 heavy (non-hydrogen) atoms. The van der Waals surface area contributed by atoms with Crippen molar-refractivity contribution in [2.45, 2.75) is 13.8 Å². The molecule has 0 aliphatic carbocycles. The summed E-state index contributed by atoms with van der Waals surface area (Å²) in [6.07, 6.45) is 0. The maximum atomic E-state index is 13.1. The molecule has 0 heterocycles. The predicted octanol–water partition coefficient (Wildman–Crippen LogP) is 2.17. The van der Waals surface area contributed by atoms with E-state index in [-0.39, 0.29) is 17.5 Å². The Morgan fingerprint density at radius 2 is 2.13 bits per heavy atom. The summed E-state index contributed by atoms with van der Waals surface area (Å²) in [5.41, 5.74) is 1.23. The van der Waals surface area contributed by atoms with Crippen LogP contribution < -0.4 is 5.32 Å². The van der Waals surface area contributed by atoms with Crippen LogP contribution in [0.5, 0.6) is 0 Å². The summed E-state index contributed by atoms with van der Waals surface area (Å²) in [4.78, 5) is 11.8. The number of ketones is 1. The summed E-state index contributed by atoms with van der Waals surface area (Å²) in [5, 5.41) is 2.93. The largest absolute Gasteiger partial charge is 0.319 e. The molecule has 1 aromatic rings. The van der Waals surface area contributed by atoms with Gasteiger partial charge < -0.3 is 5.32 Å². The van der Waals surface area contributed by atoms with Crippen molar-refractivity contribution in [1.82, 2.24) is 5.32 Å². The van der Waals surface area contributed by atoms with Crippen LogP contribution in [-0.2, 0) is 0 Å². The number of hydrogen-bond donors (Lipinski definition) is 1. The Balaban J connectivity index is 2.90. The lowest BCUT2D eigenvalue weighted by Gasteiger charge is -2.10. The Morgan fingerprint density at radius 3 is 2.67 bits per heavy atom. The van der Waals surface area contributed by atoms with Crippen LogP contribution in [0.4, 0.5) is 4.39 Å². The number of nitrogens with one attached hydrogen (secondary N) is 1. The van der Waals surface area contributed by atoms with E-state index in [4.69, 9.17) is 0 Å². The summed E-state index contributed by atoms with van der Waals surface area (Å²) < 4.78 is 13.1. The number of hydrogen-bond acceptors (Lipinski definition) is 2. The van der Waals surface area contributed by atoms with E-state index >= 15 is 0 Å². The molecule has 1 N–H and O–H groups in total. The molecule has 0 saturated carbocycles. The van der Waals surface area contributed by atoms with Crippen molar-refractivity contribution in [3.8, 4) is 0 Å². The normalized spacial score (nSPS) is 12.5. The van der Waals surface area contributed by atoms with Gasteiger partial charge in [-0.3, -0.25) is 4.79 Å². The molecule has 0 aliphatic rings. The van der Waals surface area contributed by atoms with E-state index in [1.807, 2.05) is 6.92 Å². The first-order valence-corrected chi connectivity index (χ1v) is 5.00. The molecule has 0 radical (unpaired) electrons. The number of aryl methyl sites for hydroxylation is 1. The van der Waals surface area contributed by atoms with Crippen molar-refractivity contribution in [3.63, 3.8) is 0 Å². The third-order valence-electron chi connectivity index (χ3n) is 2.28. The first kappa shape index (κ1) is 11.9. The van der Waals surface area contributed by atoms with Crippen LogP contribution in [0.3, 0.4) is 0 Å². The van der Waals surface area contributed by atoms with Gasteiger partial charge in [0.05, 0.1) is 0 Å². The summed E-state index contributed by atoms with van der Waals surface area (Å²) in [5.74, 6) is -0.502. The van der Waals surface area contributed by atoms with Crippen LogP contribution >= 0.6 is 0 Å². The van der Waals surface area contributed by atoms with Gasteiger partial charge in [0.2, 0.25) is 0 Å². The molecule has 82 valence electrons. The van der Waals surface area contributed by atoms with Gasteiger partial charge in [-0.2, -0.15) is 0 Å². The van der Waals surface area contributed by atoms with Crippen LogP contribution in [-0.4, -0.2) is 19.4 Å². The molecule has 1 rings (SSSR count). The molecular formula is C12H16FNO. The number of halogens is 1. The molecule has 1 aromatic carbocycles. The van der Waals surface area contributed by atoms with Crippen LogP contribution in [0.1, 0.15) is 22.8 Å². The highest BCUT2D eigenvalue weighted by Crippen LogP contribution is 2.12. The number of benzene rings is 1. The zero-order valence-electron chi connectivity index (χ0n) is 9.30. The smallest absolute Gasteiger partial charge is 0.167 e. The van der Waals surface area contributed by atoms with Gasteiger partial charge in [0.15, 0.2) is 5.78 Å². The molecule has 0 fully saturated rings. The Labute approximate surface area is 89.5 Å². The average molecular weight is 209 g/mol. The van der Waals surface area contributed by atoms with E-state index in [0.29, 0.717) is 12.1 Å². The van der Waals surface area contributed by atoms with E-state index in [2.05, 4.69) is 5.32 Å². The maximum absolute atomic E-state index is 13.1. The minimum absolute atomic E-state index is 0.0213. The fraction of sp³-hybridized carbons (Fsp3) is 0.417. The van der Waals surface area contributed by atoms with Crippen molar-refractivity contribution in [2.75, 3.05) is 13.6 Å². The topological polar surface area (TPSA) is 29.1 Å². The molecule has 0 saturated heterocycles. The van der Waals surface area contributed by atoms with Gasteiger partial charge in [0.25, 0.3) is 0 Å². The van der Waals surface area contributed by atoms with Crippen molar-refractivity contribution in [1.29, 1.82) is 0 Å². The molecule has 1 atom stereocenters. The zero-order valence-corrected chi connectivity index (χ0v) is 9.30. The number of rotatable bonds is 4. The summed E-state index contributed by atoms with van der Waals surface area (Å²) >= 11 is 0. The monoisotopic (exact) mass is 209 g/mol. The van der Waals surface area contributed by atoms with Gasteiger partial charge in [-0.25, -0.2) is 4.39 Å². The Hall–Kier alpha value is -1.22. The van der Waals surface area contributed by atoms with Gasteiger partial charge in [-0.1, -0.05) is 6.92 Å². The Kier molecular flexibility index (Phi) is 3.97. The van der Waals surface area contributed by atoms with Crippen molar-refractivity contribution < 1.29 is 9.18 Å². The van der Waals surface area contributed by atoms with Crippen molar-refractivity contribution in [2.24, 2.45) is 5.92 Å². The highest BCUT2D eigenvalue weighted by atomic mass is 19.1. The molecule has 0 aromatic heterocycles. The molecule has 0 spiro atoms. The van der Waals surface area contributed by atoms with E-state index in [1.54, 1.807) is 20.0 Å². The second-order valence-corrected chi connectivity index (χ2v) is 3.84. The minimum Gasteiger partial charge on any atom is -0.319 e. The second kappa shape index (κ2) is 5.03. The molecule has 1 unspecified atom stereocenters. The fourth-order valence-corrected chi connectivity index (χ4v) is 1.56. The van der Waals surface area contributed by atoms with Gasteiger partial charge in [-0.05, 0) is 37.7 Å². The zero-order chi connectivity index (χ0) is 11.4. The maximum Gasteiger partial charge on any atom is 0.167 e. The lowest BCUT2D eigenvalue weighted by atomic mass is 9.98. The third-order valence-corrected chi connectivity index (χ3v) is 2.28. The van der Waals surface area contributed by atoms with Crippen LogP contribution in [0.2, 0.25) is 0 Å². The Bertz CT molecular complexity index is 342. The predicted molar refractivity (Wildman–Crippen MR) is 58.6 cm³/mol. The average Bonchev–Trinajstić information content (AvgIpc) is 2.15. The summed E-state index contributed by atoms with van der Waals surface area (Å²) in [7, 11) is 1.79. The van der Waals surface area contributed by atoms with E-state index in [9.17, 15) is 9.18 Å². The highest BCUT2D eigenvalue weighted by molar-refractivity contribution is 5.97. The minimum atomic E-state index is -0.352. The number of carbonyl (C=O) groups excluding carboxylic acids is 1.